The van der Waals surface area contributed by atoms with Crippen molar-refractivity contribution in [1.29, 1.82) is 0 Å². The van der Waals surface area contributed by atoms with Crippen molar-refractivity contribution in [2.75, 3.05) is 44.7 Å². The molecule has 0 spiro atoms. The number of anilines is 1. The Morgan fingerprint density at radius 3 is 2.60 bits per heavy atom. The number of carbonyl (C=O) groups is 1. The van der Waals surface area contributed by atoms with Crippen LogP contribution in [0.15, 0.2) is 18.2 Å². The zero-order chi connectivity index (χ0) is 17.1. The van der Waals surface area contributed by atoms with Crippen LogP contribution < -0.4 is 14.8 Å². The van der Waals surface area contributed by atoms with Crippen molar-refractivity contribution in [3.63, 3.8) is 0 Å². The number of amides is 2. The molecular formula is C19H27N3O3. The molecule has 136 valence electrons. The largest absolute Gasteiger partial charge is 0.486 e. The van der Waals surface area contributed by atoms with Crippen molar-refractivity contribution >= 4 is 11.7 Å². The van der Waals surface area contributed by atoms with Gasteiger partial charge in [-0.3, -0.25) is 0 Å². The molecule has 2 saturated heterocycles. The predicted molar refractivity (Wildman–Crippen MR) is 96.5 cm³/mol. The van der Waals surface area contributed by atoms with Gasteiger partial charge in [-0.1, -0.05) is 0 Å². The molecule has 2 fully saturated rings. The van der Waals surface area contributed by atoms with Crippen molar-refractivity contribution in [3.8, 4) is 11.5 Å². The van der Waals surface area contributed by atoms with Crippen LogP contribution in [0.5, 0.6) is 11.5 Å². The van der Waals surface area contributed by atoms with Gasteiger partial charge in [-0.05, 0) is 57.3 Å². The Labute approximate surface area is 149 Å². The lowest BCUT2D eigenvalue weighted by Gasteiger charge is -2.26. The number of carbonyl (C=O) groups excluding carboxylic acids is 1. The Kier molecular flexibility index (Phi) is 4.97. The third kappa shape index (κ3) is 3.84. The molecule has 1 aromatic rings. The number of hydrogen-bond donors (Lipinski definition) is 1. The van der Waals surface area contributed by atoms with E-state index in [1.54, 1.807) is 0 Å². The number of urea groups is 1. The lowest BCUT2D eigenvalue weighted by Crippen LogP contribution is -2.37. The summed E-state index contributed by atoms with van der Waals surface area (Å²) in [6.45, 7) is 5.25. The van der Waals surface area contributed by atoms with E-state index in [1.807, 2.05) is 23.1 Å². The van der Waals surface area contributed by atoms with E-state index in [0.717, 1.165) is 37.4 Å². The van der Waals surface area contributed by atoms with Gasteiger partial charge in [0, 0.05) is 30.9 Å². The first-order valence-corrected chi connectivity index (χ1v) is 9.49. The molecular weight excluding hydrogens is 318 g/mol. The number of hydrogen-bond acceptors (Lipinski definition) is 4. The average molecular weight is 345 g/mol. The summed E-state index contributed by atoms with van der Waals surface area (Å²) < 4.78 is 11.1. The molecule has 0 saturated carbocycles. The van der Waals surface area contributed by atoms with Crippen LogP contribution in [-0.4, -0.2) is 61.3 Å². The molecule has 1 unspecified atom stereocenters. The van der Waals surface area contributed by atoms with Crippen LogP contribution in [0, 0.1) is 0 Å². The molecule has 1 aromatic carbocycles. The maximum atomic E-state index is 12.6. The fourth-order valence-electron chi connectivity index (χ4n) is 4.08. The molecule has 3 aliphatic rings. The van der Waals surface area contributed by atoms with Gasteiger partial charge >= 0.3 is 6.03 Å². The van der Waals surface area contributed by atoms with Gasteiger partial charge in [-0.15, -0.1) is 0 Å². The molecule has 6 nitrogen and oxygen atoms in total. The lowest BCUT2D eigenvalue weighted by atomic mass is 10.1. The molecule has 0 bridgehead atoms. The molecule has 3 aliphatic heterocycles. The summed E-state index contributed by atoms with van der Waals surface area (Å²) in [5, 5.41) is 3.01. The summed E-state index contributed by atoms with van der Waals surface area (Å²) in [5.74, 6) is 1.45. The second-order valence-corrected chi connectivity index (χ2v) is 7.10. The Hall–Kier alpha value is -1.95. The average Bonchev–Trinajstić information content (AvgIpc) is 3.06. The Balaban J connectivity index is 1.34. The van der Waals surface area contributed by atoms with Crippen LogP contribution in [0.3, 0.4) is 0 Å². The highest BCUT2D eigenvalue weighted by molar-refractivity contribution is 5.89. The Morgan fingerprint density at radius 1 is 0.960 bits per heavy atom. The summed E-state index contributed by atoms with van der Waals surface area (Å²) in [6.07, 6.45) is 6.01. The van der Waals surface area contributed by atoms with Gasteiger partial charge in [0.05, 0.1) is 0 Å². The van der Waals surface area contributed by atoms with E-state index in [4.69, 9.17) is 9.47 Å². The van der Waals surface area contributed by atoms with Crippen molar-refractivity contribution < 1.29 is 14.3 Å². The van der Waals surface area contributed by atoms with Crippen LogP contribution in [0.4, 0.5) is 10.5 Å². The minimum absolute atomic E-state index is 0.0150. The quantitative estimate of drug-likeness (QED) is 0.895. The van der Waals surface area contributed by atoms with Crippen molar-refractivity contribution in [1.82, 2.24) is 9.80 Å². The van der Waals surface area contributed by atoms with Gasteiger partial charge in [-0.25, -0.2) is 4.79 Å². The maximum absolute atomic E-state index is 12.6. The van der Waals surface area contributed by atoms with Crippen LogP contribution in [-0.2, 0) is 0 Å². The van der Waals surface area contributed by atoms with Crippen LogP contribution >= 0.6 is 0 Å². The van der Waals surface area contributed by atoms with Crippen molar-refractivity contribution in [2.45, 2.75) is 38.1 Å². The molecule has 25 heavy (non-hydrogen) atoms. The highest BCUT2D eigenvalue weighted by atomic mass is 16.6. The van der Waals surface area contributed by atoms with Crippen LogP contribution in [0.2, 0.25) is 0 Å². The third-order valence-electron chi connectivity index (χ3n) is 5.44. The molecule has 0 aromatic heterocycles. The SMILES string of the molecule is O=C(Nc1ccc2c(c1)OCCO2)N1CCCC(N2CCCC2)CC1. The lowest BCUT2D eigenvalue weighted by molar-refractivity contribution is 0.171. The molecule has 2 amide bonds. The first-order chi connectivity index (χ1) is 12.3. The van der Waals surface area contributed by atoms with Gasteiger partial charge in [0.25, 0.3) is 0 Å². The fraction of sp³-hybridized carbons (Fsp3) is 0.632. The Morgan fingerprint density at radius 2 is 1.76 bits per heavy atom. The summed E-state index contributed by atoms with van der Waals surface area (Å²) in [7, 11) is 0. The minimum Gasteiger partial charge on any atom is -0.486 e. The third-order valence-corrected chi connectivity index (χ3v) is 5.44. The van der Waals surface area contributed by atoms with E-state index in [-0.39, 0.29) is 6.03 Å². The fourth-order valence-corrected chi connectivity index (χ4v) is 4.08. The zero-order valence-electron chi connectivity index (χ0n) is 14.7. The van der Waals surface area contributed by atoms with E-state index >= 15 is 0 Å². The first kappa shape index (κ1) is 16.5. The number of benzene rings is 1. The Bertz CT molecular complexity index is 616. The molecule has 0 radical (unpaired) electrons. The highest BCUT2D eigenvalue weighted by Gasteiger charge is 2.26. The zero-order valence-corrected chi connectivity index (χ0v) is 14.7. The maximum Gasteiger partial charge on any atom is 0.321 e. The summed E-state index contributed by atoms with van der Waals surface area (Å²) in [5.41, 5.74) is 0.759. The highest BCUT2D eigenvalue weighted by Crippen LogP contribution is 2.32. The predicted octanol–water partition coefficient (Wildman–Crippen LogP) is 2.94. The van der Waals surface area contributed by atoms with Gasteiger partial charge in [-0.2, -0.15) is 0 Å². The normalized spacial score (nSPS) is 24.0. The summed E-state index contributed by atoms with van der Waals surface area (Å²) in [4.78, 5) is 17.2. The van der Waals surface area contributed by atoms with E-state index in [9.17, 15) is 4.79 Å². The smallest absolute Gasteiger partial charge is 0.321 e. The number of nitrogens with one attached hydrogen (secondary N) is 1. The van der Waals surface area contributed by atoms with Gasteiger partial charge in [0.15, 0.2) is 11.5 Å². The van der Waals surface area contributed by atoms with Gasteiger partial charge < -0.3 is 24.6 Å². The monoisotopic (exact) mass is 345 g/mol. The van der Waals surface area contributed by atoms with Gasteiger partial charge in [0.2, 0.25) is 0 Å². The first-order valence-electron chi connectivity index (χ1n) is 9.49. The number of fused-ring (bicyclic) bond motifs is 1. The van der Waals surface area contributed by atoms with E-state index in [1.165, 1.54) is 32.4 Å². The number of likely N-dealkylation sites (tertiary alicyclic amines) is 2. The second kappa shape index (κ2) is 7.52. The van der Waals surface area contributed by atoms with E-state index in [0.29, 0.717) is 25.0 Å². The second-order valence-electron chi connectivity index (χ2n) is 7.10. The number of rotatable bonds is 2. The molecule has 6 heteroatoms. The van der Waals surface area contributed by atoms with E-state index < -0.39 is 0 Å². The molecule has 0 aliphatic carbocycles. The molecule has 1 N–H and O–H groups in total. The standard InChI is InChI=1S/C19H27N3O3/c23-19(20-15-5-6-17-18(14-15)25-13-12-24-17)22-10-3-4-16(7-11-22)21-8-1-2-9-21/h5-6,14,16H,1-4,7-13H2,(H,20,23). The number of ether oxygens (including phenoxy) is 2. The topological polar surface area (TPSA) is 54.0 Å². The minimum atomic E-state index is -0.0150. The number of nitrogens with zero attached hydrogens (tertiary/aromatic N) is 2. The van der Waals surface area contributed by atoms with Crippen molar-refractivity contribution in [2.24, 2.45) is 0 Å². The summed E-state index contributed by atoms with van der Waals surface area (Å²) in [6, 6.07) is 6.21. The van der Waals surface area contributed by atoms with Gasteiger partial charge in [0.1, 0.15) is 13.2 Å². The van der Waals surface area contributed by atoms with Crippen LogP contribution in [0.1, 0.15) is 32.1 Å². The van der Waals surface area contributed by atoms with E-state index in [2.05, 4.69) is 10.2 Å². The van der Waals surface area contributed by atoms with Crippen molar-refractivity contribution in [3.05, 3.63) is 18.2 Å². The molecule has 3 heterocycles. The summed E-state index contributed by atoms with van der Waals surface area (Å²) >= 11 is 0. The molecule has 4 rings (SSSR count). The van der Waals surface area contributed by atoms with Crippen LogP contribution in [0.25, 0.3) is 0 Å². The molecule has 1 atom stereocenters.